The number of carbonyl (C=O) groups excluding carboxylic acids is 1. The Balaban J connectivity index is 1.49. The van der Waals surface area contributed by atoms with Crippen LogP contribution in [0.3, 0.4) is 0 Å². The fourth-order valence-corrected chi connectivity index (χ4v) is 5.83. The van der Waals surface area contributed by atoms with Gasteiger partial charge >= 0.3 is 0 Å². The number of para-hydroxylation sites is 2. The van der Waals surface area contributed by atoms with Gasteiger partial charge in [-0.15, -0.1) is 0 Å². The Morgan fingerprint density at radius 3 is 2.31 bits per heavy atom. The summed E-state index contributed by atoms with van der Waals surface area (Å²) in [7, 11) is -3.99. The Labute approximate surface area is 228 Å². The summed E-state index contributed by atoms with van der Waals surface area (Å²) < 4.78 is 31.1. The van der Waals surface area contributed by atoms with Gasteiger partial charge in [-0.2, -0.15) is 0 Å². The molecule has 5 rings (SSSR count). The van der Waals surface area contributed by atoms with Gasteiger partial charge in [0, 0.05) is 18.9 Å². The molecule has 1 amide bonds. The molecule has 1 N–H and O–H groups in total. The molecule has 0 fully saturated rings. The van der Waals surface area contributed by atoms with Gasteiger partial charge in [-0.3, -0.25) is 9.10 Å². The van der Waals surface area contributed by atoms with E-state index >= 15 is 0 Å². The summed E-state index contributed by atoms with van der Waals surface area (Å²) >= 11 is 0. The highest BCUT2D eigenvalue weighted by Crippen LogP contribution is 2.29. The molecule has 4 aromatic carbocycles. The third kappa shape index (κ3) is 5.76. The Morgan fingerprint density at radius 1 is 0.872 bits per heavy atom. The fourth-order valence-electron chi connectivity index (χ4n) is 4.35. The van der Waals surface area contributed by atoms with Crippen LogP contribution in [0.1, 0.15) is 27.0 Å². The molecule has 0 saturated heterocycles. The minimum absolute atomic E-state index is 0.0742. The maximum absolute atomic E-state index is 14.0. The molecule has 196 valence electrons. The Hall–Kier alpha value is -4.69. The molecule has 0 spiro atoms. The topological polar surface area (TPSA) is 84.3 Å². The average Bonchev–Trinajstić information content (AvgIpc) is 3.51. The lowest BCUT2D eigenvalue weighted by atomic mass is 10.1. The molecule has 0 aliphatic heterocycles. The number of aromatic nitrogens is 2. The van der Waals surface area contributed by atoms with Gasteiger partial charge < -0.3 is 9.88 Å². The molecule has 0 unspecified atom stereocenters. The van der Waals surface area contributed by atoms with Crippen LogP contribution in [0, 0.1) is 6.92 Å². The van der Waals surface area contributed by atoms with Crippen molar-refractivity contribution in [3.8, 4) is 5.69 Å². The normalized spacial score (nSPS) is 11.2. The minimum Gasteiger partial charge on any atom is -0.348 e. The SMILES string of the molecule is Cc1ccc(S(=O)(=O)N(Cc2ccccc2)c2ccccc2C(=O)NCc2ccccc2-n2ccnc2)cc1. The van der Waals surface area contributed by atoms with E-state index in [-0.39, 0.29) is 29.5 Å². The quantitative estimate of drug-likeness (QED) is 0.269. The number of hydrogen-bond acceptors (Lipinski definition) is 4. The molecule has 0 aliphatic rings. The molecular weight excluding hydrogens is 508 g/mol. The van der Waals surface area contributed by atoms with Crippen LogP contribution in [-0.4, -0.2) is 23.9 Å². The second-order valence-electron chi connectivity index (χ2n) is 9.11. The third-order valence-corrected chi connectivity index (χ3v) is 8.18. The number of sulfonamides is 1. The van der Waals surface area contributed by atoms with Gasteiger partial charge in [-0.05, 0) is 48.4 Å². The molecule has 0 bridgehead atoms. The first kappa shape index (κ1) is 25.9. The van der Waals surface area contributed by atoms with Crippen LogP contribution in [0.15, 0.2) is 127 Å². The van der Waals surface area contributed by atoms with Crippen molar-refractivity contribution >= 4 is 21.6 Å². The number of nitrogens with one attached hydrogen (secondary N) is 1. The Kier molecular flexibility index (Phi) is 7.56. The molecule has 0 aliphatic carbocycles. The number of imidazole rings is 1. The largest absolute Gasteiger partial charge is 0.348 e. The molecule has 0 atom stereocenters. The number of amides is 1. The monoisotopic (exact) mass is 536 g/mol. The zero-order valence-corrected chi connectivity index (χ0v) is 22.3. The predicted molar refractivity (Wildman–Crippen MR) is 152 cm³/mol. The zero-order valence-electron chi connectivity index (χ0n) is 21.4. The summed E-state index contributed by atoms with van der Waals surface area (Å²) in [6, 6.07) is 30.6. The van der Waals surface area contributed by atoms with Crippen molar-refractivity contribution in [1.29, 1.82) is 0 Å². The average molecular weight is 537 g/mol. The van der Waals surface area contributed by atoms with Crippen molar-refractivity contribution < 1.29 is 13.2 Å². The van der Waals surface area contributed by atoms with E-state index in [2.05, 4.69) is 10.3 Å². The van der Waals surface area contributed by atoms with Crippen molar-refractivity contribution in [2.45, 2.75) is 24.9 Å². The highest BCUT2D eigenvalue weighted by Gasteiger charge is 2.28. The fraction of sp³-hybridized carbons (Fsp3) is 0.0968. The van der Waals surface area contributed by atoms with Gasteiger partial charge in [0.05, 0.1) is 34.7 Å². The van der Waals surface area contributed by atoms with Crippen molar-refractivity contribution in [3.63, 3.8) is 0 Å². The smallest absolute Gasteiger partial charge is 0.264 e. The number of hydrogen-bond donors (Lipinski definition) is 1. The van der Waals surface area contributed by atoms with Crippen molar-refractivity contribution in [1.82, 2.24) is 14.9 Å². The second kappa shape index (κ2) is 11.4. The van der Waals surface area contributed by atoms with Crippen LogP contribution in [0.25, 0.3) is 5.69 Å². The van der Waals surface area contributed by atoms with Crippen LogP contribution < -0.4 is 9.62 Å². The predicted octanol–water partition coefficient (Wildman–Crippen LogP) is 5.51. The molecule has 39 heavy (non-hydrogen) atoms. The highest BCUT2D eigenvalue weighted by molar-refractivity contribution is 7.92. The molecular formula is C31H28N4O3S. The maximum Gasteiger partial charge on any atom is 0.264 e. The van der Waals surface area contributed by atoms with Gasteiger partial charge in [0.1, 0.15) is 0 Å². The van der Waals surface area contributed by atoms with Gasteiger partial charge in [-0.25, -0.2) is 13.4 Å². The maximum atomic E-state index is 14.0. The summed E-state index contributed by atoms with van der Waals surface area (Å²) in [6.07, 6.45) is 5.24. The van der Waals surface area contributed by atoms with Gasteiger partial charge in [0.2, 0.25) is 0 Å². The lowest BCUT2D eigenvalue weighted by Gasteiger charge is -2.27. The Morgan fingerprint density at radius 2 is 1.56 bits per heavy atom. The minimum atomic E-state index is -3.99. The van der Waals surface area contributed by atoms with Crippen LogP contribution in [0.5, 0.6) is 0 Å². The van der Waals surface area contributed by atoms with Crippen molar-refractivity contribution in [3.05, 3.63) is 144 Å². The third-order valence-electron chi connectivity index (χ3n) is 6.41. The second-order valence-corrected chi connectivity index (χ2v) is 11.0. The van der Waals surface area contributed by atoms with E-state index in [0.717, 1.165) is 22.4 Å². The molecule has 5 aromatic rings. The van der Waals surface area contributed by atoms with Gasteiger partial charge in [0.15, 0.2) is 0 Å². The van der Waals surface area contributed by atoms with E-state index in [4.69, 9.17) is 0 Å². The van der Waals surface area contributed by atoms with Crippen LogP contribution in [0.4, 0.5) is 5.69 Å². The van der Waals surface area contributed by atoms with Crippen LogP contribution in [-0.2, 0) is 23.1 Å². The molecule has 1 heterocycles. The zero-order chi connectivity index (χ0) is 27.2. The van der Waals surface area contributed by atoms with Crippen molar-refractivity contribution in [2.24, 2.45) is 0 Å². The van der Waals surface area contributed by atoms with Crippen LogP contribution in [0.2, 0.25) is 0 Å². The number of anilines is 1. The van der Waals surface area contributed by atoms with E-state index in [1.807, 2.05) is 72.3 Å². The van der Waals surface area contributed by atoms with E-state index in [1.165, 1.54) is 4.31 Å². The summed E-state index contributed by atoms with van der Waals surface area (Å²) in [6.45, 7) is 2.23. The lowest BCUT2D eigenvalue weighted by Crippen LogP contribution is -2.33. The molecule has 7 nitrogen and oxygen atoms in total. The number of aryl methyl sites for hydroxylation is 1. The number of nitrogens with zero attached hydrogens (tertiary/aromatic N) is 3. The first-order valence-corrected chi connectivity index (χ1v) is 13.9. The van der Waals surface area contributed by atoms with E-state index in [0.29, 0.717) is 5.69 Å². The number of rotatable bonds is 9. The lowest BCUT2D eigenvalue weighted by molar-refractivity contribution is 0.0951. The van der Waals surface area contributed by atoms with E-state index in [1.54, 1.807) is 61.1 Å². The summed E-state index contributed by atoms with van der Waals surface area (Å²) in [5.41, 5.74) is 4.13. The molecule has 8 heteroatoms. The van der Waals surface area contributed by atoms with E-state index in [9.17, 15) is 13.2 Å². The summed E-state index contributed by atoms with van der Waals surface area (Å²) in [5, 5.41) is 2.98. The standard InChI is InChI=1S/C31H28N4O3S/c1-24-15-17-27(18-16-24)39(37,38)35(22-25-9-3-2-4-10-25)30-14-8-6-12-28(30)31(36)33-21-26-11-5-7-13-29(26)34-20-19-32-23-34/h2-20,23H,21-22H2,1H3,(H,33,36). The van der Waals surface area contributed by atoms with Gasteiger partial charge in [-0.1, -0.05) is 78.4 Å². The van der Waals surface area contributed by atoms with Crippen molar-refractivity contribution in [2.75, 3.05) is 4.31 Å². The van der Waals surface area contributed by atoms with E-state index < -0.39 is 10.0 Å². The Bertz CT molecular complexity index is 1670. The molecule has 0 saturated carbocycles. The number of carbonyl (C=O) groups is 1. The molecule has 1 aromatic heterocycles. The highest BCUT2D eigenvalue weighted by atomic mass is 32.2. The van der Waals surface area contributed by atoms with Gasteiger partial charge in [0.25, 0.3) is 15.9 Å². The summed E-state index contributed by atoms with van der Waals surface area (Å²) in [4.78, 5) is 17.8. The first-order valence-electron chi connectivity index (χ1n) is 12.5. The molecule has 0 radical (unpaired) electrons. The van der Waals surface area contributed by atoms with Crippen LogP contribution >= 0.6 is 0 Å². The summed E-state index contributed by atoms with van der Waals surface area (Å²) in [5.74, 6) is -0.372. The first-order chi connectivity index (χ1) is 18.9. The number of benzene rings is 4.